The van der Waals surface area contributed by atoms with Crippen LogP contribution in [-0.4, -0.2) is 29.4 Å². The summed E-state index contributed by atoms with van der Waals surface area (Å²) >= 11 is 1.60. The number of amides is 1. The molecule has 0 saturated heterocycles. The van der Waals surface area contributed by atoms with Crippen molar-refractivity contribution in [2.24, 2.45) is 5.92 Å². The maximum atomic E-state index is 11.6. The van der Waals surface area contributed by atoms with E-state index in [-0.39, 0.29) is 12.0 Å². The Morgan fingerprint density at radius 1 is 1.42 bits per heavy atom. The van der Waals surface area contributed by atoms with E-state index in [0.29, 0.717) is 18.2 Å². The summed E-state index contributed by atoms with van der Waals surface area (Å²) in [6.45, 7) is 2.46. The van der Waals surface area contributed by atoms with Crippen LogP contribution in [0.25, 0.3) is 0 Å². The molecule has 2 N–H and O–H groups in total. The summed E-state index contributed by atoms with van der Waals surface area (Å²) in [4.78, 5) is 11.6. The second kappa shape index (κ2) is 6.96. The lowest BCUT2D eigenvalue weighted by Crippen LogP contribution is -2.34. The molecule has 104 valence electrons. The Morgan fingerprint density at radius 2 is 2.11 bits per heavy atom. The van der Waals surface area contributed by atoms with Crippen LogP contribution in [0.4, 0.5) is 0 Å². The molecule has 0 radical (unpaired) electrons. The summed E-state index contributed by atoms with van der Waals surface area (Å²) < 4.78 is 0. The van der Waals surface area contributed by atoms with Crippen molar-refractivity contribution in [2.75, 3.05) is 12.3 Å². The SMILES string of the molecule is Cc1ccc(CSCC(=O)NCC(O)C2CC2)cc1. The fraction of sp³-hybridized carbons (Fsp3) is 0.533. The fourth-order valence-electron chi connectivity index (χ4n) is 1.86. The van der Waals surface area contributed by atoms with E-state index in [1.54, 1.807) is 11.8 Å². The summed E-state index contributed by atoms with van der Waals surface area (Å²) in [7, 11) is 0. The highest BCUT2D eigenvalue weighted by molar-refractivity contribution is 7.99. The van der Waals surface area contributed by atoms with Gasteiger partial charge in [0.2, 0.25) is 5.91 Å². The minimum absolute atomic E-state index is 0.0109. The largest absolute Gasteiger partial charge is 0.391 e. The second-order valence-electron chi connectivity index (χ2n) is 5.19. The molecule has 1 aliphatic rings. The lowest BCUT2D eigenvalue weighted by Gasteiger charge is -2.10. The average Bonchev–Trinajstić information content (AvgIpc) is 3.23. The smallest absolute Gasteiger partial charge is 0.230 e. The first-order valence-corrected chi connectivity index (χ1v) is 7.88. The summed E-state index contributed by atoms with van der Waals surface area (Å²) in [5.74, 6) is 1.72. The number of benzene rings is 1. The Hall–Kier alpha value is -1.00. The van der Waals surface area contributed by atoms with E-state index >= 15 is 0 Å². The van der Waals surface area contributed by atoms with Gasteiger partial charge < -0.3 is 10.4 Å². The maximum absolute atomic E-state index is 11.6. The molecule has 0 aliphatic heterocycles. The highest BCUT2D eigenvalue weighted by Crippen LogP contribution is 2.32. The normalized spacial score (nSPS) is 16.1. The number of thioether (sulfide) groups is 1. The van der Waals surface area contributed by atoms with Gasteiger partial charge in [-0.2, -0.15) is 0 Å². The highest BCUT2D eigenvalue weighted by atomic mass is 32.2. The third-order valence-corrected chi connectivity index (χ3v) is 4.30. The van der Waals surface area contributed by atoms with Gasteiger partial charge in [0.15, 0.2) is 0 Å². The van der Waals surface area contributed by atoms with Crippen LogP contribution in [-0.2, 0) is 10.5 Å². The van der Waals surface area contributed by atoms with Gasteiger partial charge >= 0.3 is 0 Å². The number of aryl methyl sites for hydroxylation is 1. The first-order valence-electron chi connectivity index (χ1n) is 6.73. The van der Waals surface area contributed by atoms with Gasteiger partial charge in [-0.1, -0.05) is 29.8 Å². The first kappa shape index (κ1) is 14.4. The van der Waals surface area contributed by atoms with Crippen LogP contribution < -0.4 is 5.32 Å². The molecule has 1 aromatic carbocycles. The summed E-state index contributed by atoms with van der Waals surface area (Å²) in [6.07, 6.45) is 1.84. The Balaban J connectivity index is 1.59. The molecule has 0 spiro atoms. The molecular weight excluding hydrogens is 258 g/mol. The number of carbonyl (C=O) groups is 1. The lowest BCUT2D eigenvalue weighted by molar-refractivity contribution is -0.119. The van der Waals surface area contributed by atoms with E-state index in [2.05, 4.69) is 36.5 Å². The molecule has 19 heavy (non-hydrogen) atoms. The van der Waals surface area contributed by atoms with Crippen molar-refractivity contribution < 1.29 is 9.90 Å². The minimum Gasteiger partial charge on any atom is -0.391 e. The third-order valence-electron chi connectivity index (χ3n) is 3.30. The van der Waals surface area contributed by atoms with Gasteiger partial charge in [0.1, 0.15) is 0 Å². The zero-order valence-electron chi connectivity index (χ0n) is 11.3. The zero-order valence-corrected chi connectivity index (χ0v) is 12.1. The molecule has 1 unspecified atom stereocenters. The van der Waals surface area contributed by atoms with Crippen LogP contribution in [0.5, 0.6) is 0 Å². The van der Waals surface area contributed by atoms with Gasteiger partial charge in [0.25, 0.3) is 0 Å². The molecule has 1 atom stereocenters. The summed E-state index contributed by atoms with van der Waals surface area (Å²) in [6, 6.07) is 8.36. The zero-order chi connectivity index (χ0) is 13.7. The predicted molar refractivity (Wildman–Crippen MR) is 79.1 cm³/mol. The average molecular weight is 279 g/mol. The molecule has 3 nitrogen and oxygen atoms in total. The number of aliphatic hydroxyl groups excluding tert-OH is 1. The molecular formula is C15H21NO2S. The van der Waals surface area contributed by atoms with Crippen LogP contribution in [0.15, 0.2) is 24.3 Å². The van der Waals surface area contributed by atoms with Crippen LogP contribution in [0.1, 0.15) is 24.0 Å². The van der Waals surface area contributed by atoms with Crippen LogP contribution in [0, 0.1) is 12.8 Å². The number of rotatable bonds is 7. The molecule has 0 heterocycles. The third kappa shape index (κ3) is 5.25. The number of nitrogens with one attached hydrogen (secondary N) is 1. The Labute approximate surface area is 118 Å². The predicted octanol–water partition coefficient (Wildman–Crippen LogP) is 2.12. The van der Waals surface area contributed by atoms with Crippen molar-refractivity contribution in [3.05, 3.63) is 35.4 Å². The molecule has 1 aliphatic carbocycles. The van der Waals surface area contributed by atoms with Gasteiger partial charge in [-0.05, 0) is 31.2 Å². The molecule has 1 amide bonds. The van der Waals surface area contributed by atoms with Gasteiger partial charge in [-0.25, -0.2) is 0 Å². The monoisotopic (exact) mass is 279 g/mol. The highest BCUT2D eigenvalue weighted by Gasteiger charge is 2.29. The first-order chi connectivity index (χ1) is 9.15. The van der Waals surface area contributed by atoms with E-state index in [1.807, 2.05) is 0 Å². The van der Waals surface area contributed by atoms with Crippen molar-refractivity contribution in [1.29, 1.82) is 0 Å². The van der Waals surface area contributed by atoms with Crippen molar-refractivity contribution in [3.8, 4) is 0 Å². The van der Waals surface area contributed by atoms with E-state index in [1.165, 1.54) is 11.1 Å². The van der Waals surface area contributed by atoms with Crippen molar-refractivity contribution >= 4 is 17.7 Å². The molecule has 1 fully saturated rings. The van der Waals surface area contributed by atoms with Crippen LogP contribution in [0.3, 0.4) is 0 Å². The Bertz CT molecular complexity index is 415. The van der Waals surface area contributed by atoms with Gasteiger partial charge in [0.05, 0.1) is 11.9 Å². The minimum atomic E-state index is -0.356. The van der Waals surface area contributed by atoms with E-state index in [0.717, 1.165) is 18.6 Å². The Morgan fingerprint density at radius 3 is 2.74 bits per heavy atom. The van der Waals surface area contributed by atoms with E-state index in [4.69, 9.17) is 0 Å². The van der Waals surface area contributed by atoms with Gasteiger partial charge in [-0.3, -0.25) is 4.79 Å². The summed E-state index contributed by atoms with van der Waals surface area (Å²) in [5.41, 5.74) is 2.49. The topological polar surface area (TPSA) is 49.3 Å². The number of aliphatic hydroxyl groups is 1. The van der Waals surface area contributed by atoms with E-state index < -0.39 is 0 Å². The van der Waals surface area contributed by atoms with Gasteiger partial charge in [0, 0.05) is 12.3 Å². The number of carbonyl (C=O) groups excluding carboxylic acids is 1. The standard InChI is InChI=1S/C15H21NO2S/c1-11-2-4-12(5-3-11)9-19-10-15(18)16-8-14(17)13-6-7-13/h2-5,13-14,17H,6-10H2,1H3,(H,16,18). The molecule has 1 saturated carbocycles. The number of hydrogen-bond acceptors (Lipinski definition) is 3. The molecule has 2 rings (SSSR count). The number of hydrogen-bond donors (Lipinski definition) is 2. The molecule has 0 bridgehead atoms. The van der Waals surface area contributed by atoms with Crippen molar-refractivity contribution in [3.63, 3.8) is 0 Å². The van der Waals surface area contributed by atoms with E-state index in [9.17, 15) is 9.90 Å². The van der Waals surface area contributed by atoms with Crippen molar-refractivity contribution in [1.82, 2.24) is 5.32 Å². The van der Waals surface area contributed by atoms with Crippen LogP contribution in [0.2, 0.25) is 0 Å². The van der Waals surface area contributed by atoms with Crippen LogP contribution >= 0.6 is 11.8 Å². The lowest BCUT2D eigenvalue weighted by atomic mass is 10.2. The maximum Gasteiger partial charge on any atom is 0.230 e. The molecule has 1 aromatic rings. The fourth-order valence-corrected chi connectivity index (χ4v) is 2.68. The Kier molecular flexibility index (Phi) is 5.28. The quantitative estimate of drug-likeness (QED) is 0.804. The van der Waals surface area contributed by atoms with Crippen molar-refractivity contribution in [2.45, 2.75) is 31.6 Å². The van der Waals surface area contributed by atoms with Gasteiger partial charge in [-0.15, -0.1) is 11.8 Å². The molecule has 0 aromatic heterocycles. The summed E-state index contributed by atoms with van der Waals surface area (Å²) in [5, 5.41) is 12.4. The molecule has 4 heteroatoms. The second-order valence-corrected chi connectivity index (χ2v) is 6.17.